The summed E-state index contributed by atoms with van der Waals surface area (Å²) in [5, 5.41) is 40.1. The molecule has 7 nitrogen and oxygen atoms in total. The lowest BCUT2D eigenvalue weighted by Gasteiger charge is -2.40. The second-order valence-corrected chi connectivity index (χ2v) is 8.18. The fraction of sp³-hybridized carbons (Fsp3) is 0.478. The highest BCUT2D eigenvalue weighted by atomic mass is 16.7. The van der Waals surface area contributed by atoms with Gasteiger partial charge in [-0.1, -0.05) is 44.2 Å². The number of benzene rings is 2. The number of rotatable bonds is 4. The maximum absolute atomic E-state index is 10.5. The summed E-state index contributed by atoms with van der Waals surface area (Å²) in [6, 6.07) is 13.6. The van der Waals surface area contributed by atoms with Crippen molar-refractivity contribution in [3.8, 4) is 5.75 Å². The van der Waals surface area contributed by atoms with Gasteiger partial charge >= 0.3 is 0 Å². The summed E-state index contributed by atoms with van der Waals surface area (Å²) in [4.78, 5) is 0. The van der Waals surface area contributed by atoms with E-state index in [-0.39, 0.29) is 12.9 Å². The first-order valence-electron chi connectivity index (χ1n) is 10.2. The van der Waals surface area contributed by atoms with Crippen molar-refractivity contribution < 1.29 is 34.6 Å². The molecule has 7 heteroatoms. The van der Waals surface area contributed by atoms with Crippen molar-refractivity contribution in [3.05, 3.63) is 64.7 Å². The van der Waals surface area contributed by atoms with Crippen LogP contribution in [0.4, 0.5) is 0 Å². The van der Waals surface area contributed by atoms with E-state index in [0.717, 1.165) is 11.1 Å². The zero-order valence-electron chi connectivity index (χ0n) is 17.0. The van der Waals surface area contributed by atoms with Crippen LogP contribution >= 0.6 is 0 Å². The molecule has 0 spiro atoms. The molecule has 2 aliphatic heterocycles. The molecule has 4 N–H and O–H groups in total. The van der Waals surface area contributed by atoms with Gasteiger partial charge < -0.3 is 34.6 Å². The van der Waals surface area contributed by atoms with E-state index in [1.54, 1.807) is 12.1 Å². The molecule has 162 valence electrons. The molecule has 2 aromatic rings. The van der Waals surface area contributed by atoms with Crippen molar-refractivity contribution in [1.82, 2.24) is 0 Å². The third-order valence-electron chi connectivity index (χ3n) is 5.89. The number of aliphatic hydroxyl groups is 4. The smallest absolute Gasteiger partial charge is 0.190 e. The molecule has 0 bridgehead atoms. The lowest BCUT2D eigenvalue weighted by molar-refractivity contribution is -0.231. The van der Waals surface area contributed by atoms with Gasteiger partial charge in [-0.25, -0.2) is 0 Å². The maximum atomic E-state index is 10.5. The zero-order valence-corrected chi connectivity index (χ0v) is 17.0. The minimum Gasteiger partial charge on any atom is -0.467 e. The molecule has 0 amide bonds. The summed E-state index contributed by atoms with van der Waals surface area (Å²) < 4.78 is 17.2. The van der Waals surface area contributed by atoms with Crippen molar-refractivity contribution in [2.45, 2.75) is 56.4 Å². The average Bonchev–Trinajstić information content (AvgIpc) is 2.77. The van der Waals surface area contributed by atoms with Crippen LogP contribution in [0.15, 0.2) is 42.5 Å². The van der Waals surface area contributed by atoms with Gasteiger partial charge in [0, 0.05) is 5.56 Å². The molecule has 0 radical (unpaired) electrons. The van der Waals surface area contributed by atoms with Gasteiger partial charge in [0.25, 0.3) is 0 Å². The molecular weight excluding hydrogens is 388 g/mol. The van der Waals surface area contributed by atoms with E-state index in [0.29, 0.717) is 17.2 Å². The number of hydrogen-bond donors (Lipinski definition) is 4. The van der Waals surface area contributed by atoms with Crippen molar-refractivity contribution in [3.63, 3.8) is 0 Å². The first kappa shape index (κ1) is 21.2. The normalized spacial score (nSPS) is 31.3. The van der Waals surface area contributed by atoms with Crippen molar-refractivity contribution >= 4 is 0 Å². The lowest BCUT2D eigenvalue weighted by Crippen LogP contribution is -2.55. The van der Waals surface area contributed by atoms with Gasteiger partial charge in [0.15, 0.2) is 6.79 Å². The highest BCUT2D eigenvalue weighted by molar-refractivity contribution is 5.45. The Morgan fingerprint density at radius 3 is 2.30 bits per heavy atom. The maximum Gasteiger partial charge on any atom is 0.190 e. The quantitative estimate of drug-likeness (QED) is 0.602. The van der Waals surface area contributed by atoms with E-state index < -0.39 is 37.1 Å². The van der Waals surface area contributed by atoms with E-state index >= 15 is 0 Å². The van der Waals surface area contributed by atoms with E-state index in [9.17, 15) is 20.4 Å². The van der Waals surface area contributed by atoms with Crippen LogP contribution in [-0.4, -0.2) is 58.2 Å². The minimum atomic E-state index is -1.43. The van der Waals surface area contributed by atoms with E-state index in [1.165, 1.54) is 5.56 Å². The first-order valence-corrected chi connectivity index (χ1v) is 10.2. The van der Waals surface area contributed by atoms with Crippen LogP contribution in [0.1, 0.15) is 54.2 Å². The second kappa shape index (κ2) is 8.63. The van der Waals surface area contributed by atoms with Crippen molar-refractivity contribution in [2.24, 2.45) is 0 Å². The number of hydrogen-bond acceptors (Lipinski definition) is 7. The van der Waals surface area contributed by atoms with Gasteiger partial charge in [0.1, 0.15) is 42.4 Å². The standard InChI is InChI=1S/C23H28O7/c1-12(2)13-3-5-14(6-4-13)22-16-9-15(7-8-17(16)28-11-29-22)23-21(27)20(26)19(25)18(10-24)30-23/h3-9,12,18-27H,10-11H2,1-2H3. The third kappa shape index (κ3) is 3.85. The molecule has 0 aromatic heterocycles. The third-order valence-corrected chi connectivity index (χ3v) is 5.89. The van der Waals surface area contributed by atoms with Crippen LogP contribution in [0.2, 0.25) is 0 Å². The summed E-state index contributed by atoms with van der Waals surface area (Å²) in [5.74, 6) is 1.10. The summed E-state index contributed by atoms with van der Waals surface area (Å²) in [7, 11) is 0. The molecular formula is C23H28O7. The summed E-state index contributed by atoms with van der Waals surface area (Å²) in [6.45, 7) is 3.94. The number of ether oxygens (including phenoxy) is 3. The summed E-state index contributed by atoms with van der Waals surface area (Å²) in [5.41, 5.74) is 3.60. The highest BCUT2D eigenvalue weighted by Gasteiger charge is 2.44. The highest BCUT2D eigenvalue weighted by Crippen LogP contribution is 2.40. The van der Waals surface area contributed by atoms with Crippen LogP contribution in [0.25, 0.3) is 0 Å². The van der Waals surface area contributed by atoms with Crippen LogP contribution < -0.4 is 4.74 Å². The second-order valence-electron chi connectivity index (χ2n) is 8.18. The topological polar surface area (TPSA) is 109 Å². The Morgan fingerprint density at radius 2 is 1.63 bits per heavy atom. The summed E-state index contributed by atoms with van der Waals surface area (Å²) in [6.07, 6.45) is -6.37. The van der Waals surface area contributed by atoms with Gasteiger partial charge in [-0.15, -0.1) is 0 Å². The van der Waals surface area contributed by atoms with Crippen LogP contribution in [0.5, 0.6) is 5.75 Å². The Balaban J connectivity index is 1.67. The number of aliphatic hydroxyl groups excluding tert-OH is 4. The molecule has 6 atom stereocenters. The Bertz CT molecular complexity index is 864. The molecule has 4 rings (SSSR count). The Kier molecular flexibility index (Phi) is 6.11. The van der Waals surface area contributed by atoms with Crippen molar-refractivity contribution in [1.29, 1.82) is 0 Å². The molecule has 2 aromatic carbocycles. The van der Waals surface area contributed by atoms with E-state index in [4.69, 9.17) is 14.2 Å². The minimum absolute atomic E-state index is 0.128. The van der Waals surface area contributed by atoms with Crippen LogP contribution in [0.3, 0.4) is 0 Å². The Hall–Kier alpha value is -2.00. The van der Waals surface area contributed by atoms with E-state index in [1.807, 2.05) is 18.2 Å². The molecule has 1 saturated heterocycles. The van der Waals surface area contributed by atoms with Gasteiger partial charge in [-0.3, -0.25) is 0 Å². The summed E-state index contributed by atoms with van der Waals surface area (Å²) >= 11 is 0. The predicted octanol–water partition coefficient (Wildman–Crippen LogP) is 1.78. The van der Waals surface area contributed by atoms with Gasteiger partial charge in [-0.2, -0.15) is 0 Å². The number of fused-ring (bicyclic) bond motifs is 1. The predicted molar refractivity (Wildman–Crippen MR) is 108 cm³/mol. The largest absolute Gasteiger partial charge is 0.467 e. The SMILES string of the molecule is CC(C)c1ccc(C2OCOc3ccc(C4OC(CO)C(O)C(O)C4O)cc32)cc1. The Morgan fingerprint density at radius 1 is 0.933 bits per heavy atom. The average molecular weight is 416 g/mol. The fourth-order valence-corrected chi connectivity index (χ4v) is 4.04. The monoisotopic (exact) mass is 416 g/mol. The van der Waals surface area contributed by atoms with Gasteiger partial charge in [-0.05, 0) is 34.7 Å². The first-order chi connectivity index (χ1) is 14.4. The van der Waals surface area contributed by atoms with E-state index in [2.05, 4.69) is 26.0 Å². The molecule has 1 fully saturated rings. The fourth-order valence-electron chi connectivity index (χ4n) is 4.04. The van der Waals surface area contributed by atoms with Gasteiger partial charge in [0.2, 0.25) is 0 Å². The molecule has 0 aliphatic carbocycles. The van der Waals surface area contributed by atoms with Crippen molar-refractivity contribution in [2.75, 3.05) is 13.4 Å². The van der Waals surface area contributed by atoms with Crippen LogP contribution in [-0.2, 0) is 9.47 Å². The molecule has 2 aliphatic rings. The lowest BCUT2D eigenvalue weighted by atomic mass is 9.89. The van der Waals surface area contributed by atoms with Gasteiger partial charge in [0.05, 0.1) is 6.61 Å². The molecule has 30 heavy (non-hydrogen) atoms. The Labute approximate surface area is 175 Å². The molecule has 6 unspecified atom stereocenters. The zero-order chi connectivity index (χ0) is 21.4. The molecule has 2 heterocycles. The van der Waals surface area contributed by atoms with Crippen LogP contribution in [0, 0.1) is 0 Å². The molecule has 0 saturated carbocycles.